The maximum atomic E-state index is 12.5. The zero-order valence-electron chi connectivity index (χ0n) is 16.1. The minimum atomic E-state index is -0.386. The molecule has 6 nitrogen and oxygen atoms in total. The van der Waals surface area contributed by atoms with Crippen molar-refractivity contribution < 1.29 is 9.59 Å². The molecule has 0 spiro atoms. The number of rotatable bonds is 6. The topological polar surface area (TPSA) is 65.0 Å². The first-order valence-corrected chi connectivity index (χ1v) is 10.7. The Morgan fingerprint density at radius 3 is 2.52 bits per heavy atom. The standard InChI is InChI=1S/C20H28N4O2S/c1-3-21-20-24(4-2)19(26)17(27-20)14-18(25)22-15-8-10-16(11-9-15)23-12-6-5-7-13-23/h8-11,17H,3-7,12-14H2,1-2H3,(H,22,25)/t17-/m1/s1. The first-order valence-electron chi connectivity index (χ1n) is 9.79. The second kappa shape index (κ2) is 9.26. The van der Waals surface area contributed by atoms with E-state index in [0.29, 0.717) is 13.1 Å². The van der Waals surface area contributed by atoms with Gasteiger partial charge in [0, 0.05) is 44.0 Å². The molecule has 2 saturated heterocycles. The number of amidine groups is 1. The molecule has 0 saturated carbocycles. The normalized spacial score (nSPS) is 21.8. The molecule has 1 aromatic rings. The molecule has 0 unspecified atom stereocenters. The summed E-state index contributed by atoms with van der Waals surface area (Å²) >= 11 is 1.40. The first-order chi connectivity index (χ1) is 13.1. The maximum absolute atomic E-state index is 12.5. The SMILES string of the molecule is CCN=C1S[C@H](CC(=O)Nc2ccc(N3CCCCC3)cc2)C(=O)N1CC. The fraction of sp³-hybridized carbons (Fsp3) is 0.550. The lowest BCUT2D eigenvalue weighted by Crippen LogP contribution is -2.33. The number of nitrogens with one attached hydrogen (secondary N) is 1. The lowest BCUT2D eigenvalue weighted by molar-refractivity contribution is -0.128. The predicted molar refractivity (Wildman–Crippen MR) is 112 cm³/mol. The van der Waals surface area contributed by atoms with Gasteiger partial charge in [0.25, 0.3) is 0 Å². The molecule has 2 aliphatic heterocycles. The van der Waals surface area contributed by atoms with Gasteiger partial charge in [-0.05, 0) is 57.4 Å². The van der Waals surface area contributed by atoms with E-state index in [4.69, 9.17) is 0 Å². The van der Waals surface area contributed by atoms with Crippen molar-refractivity contribution in [3.63, 3.8) is 0 Å². The van der Waals surface area contributed by atoms with Crippen LogP contribution in [0, 0.1) is 0 Å². The molecule has 2 fully saturated rings. The lowest BCUT2D eigenvalue weighted by Gasteiger charge is -2.28. The number of carbonyl (C=O) groups is 2. The highest BCUT2D eigenvalue weighted by Crippen LogP contribution is 2.30. The van der Waals surface area contributed by atoms with E-state index in [2.05, 4.69) is 27.3 Å². The molecule has 0 bridgehead atoms. The monoisotopic (exact) mass is 388 g/mol. The molecule has 0 radical (unpaired) electrons. The minimum absolute atomic E-state index is 0.0229. The average Bonchev–Trinajstić information content (AvgIpc) is 2.97. The number of aliphatic imine (C=N–C) groups is 1. The van der Waals surface area contributed by atoms with Gasteiger partial charge >= 0.3 is 0 Å². The molecule has 1 atom stereocenters. The Hall–Kier alpha value is -2.02. The summed E-state index contributed by atoms with van der Waals surface area (Å²) in [6.07, 6.45) is 3.95. The number of anilines is 2. The zero-order valence-corrected chi connectivity index (χ0v) is 16.9. The lowest BCUT2D eigenvalue weighted by atomic mass is 10.1. The second-order valence-corrected chi connectivity index (χ2v) is 7.96. The van der Waals surface area contributed by atoms with Gasteiger partial charge in [-0.25, -0.2) is 0 Å². The van der Waals surface area contributed by atoms with E-state index in [1.165, 1.54) is 36.7 Å². The van der Waals surface area contributed by atoms with Crippen molar-refractivity contribution in [2.45, 2.75) is 44.8 Å². The van der Waals surface area contributed by atoms with Crippen molar-refractivity contribution in [3.8, 4) is 0 Å². The molecular formula is C20H28N4O2S. The summed E-state index contributed by atoms with van der Waals surface area (Å²) in [6.45, 7) is 7.29. The number of amides is 2. The minimum Gasteiger partial charge on any atom is -0.372 e. The molecule has 0 aromatic heterocycles. The summed E-state index contributed by atoms with van der Waals surface area (Å²) in [5.41, 5.74) is 1.97. The number of thioether (sulfide) groups is 1. The molecule has 7 heteroatoms. The maximum Gasteiger partial charge on any atom is 0.242 e. The van der Waals surface area contributed by atoms with Crippen LogP contribution in [0.25, 0.3) is 0 Å². The second-order valence-electron chi connectivity index (χ2n) is 6.79. The molecule has 146 valence electrons. The van der Waals surface area contributed by atoms with E-state index in [9.17, 15) is 9.59 Å². The van der Waals surface area contributed by atoms with Crippen LogP contribution in [0.4, 0.5) is 11.4 Å². The molecule has 27 heavy (non-hydrogen) atoms. The Morgan fingerprint density at radius 2 is 1.89 bits per heavy atom. The van der Waals surface area contributed by atoms with Gasteiger partial charge in [-0.3, -0.25) is 19.5 Å². The highest BCUT2D eigenvalue weighted by Gasteiger charge is 2.38. The molecule has 3 rings (SSSR count). The van der Waals surface area contributed by atoms with Gasteiger partial charge in [-0.2, -0.15) is 0 Å². The number of hydrogen-bond acceptors (Lipinski definition) is 5. The van der Waals surface area contributed by atoms with E-state index < -0.39 is 0 Å². The van der Waals surface area contributed by atoms with Gasteiger partial charge in [0.15, 0.2) is 5.17 Å². The highest BCUT2D eigenvalue weighted by molar-refractivity contribution is 8.15. The quantitative estimate of drug-likeness (QED) is 0.812. The van der Waals surface area contributed by atoms with E-state index in [0.717, 1.165) is 23.9 Å². The Labute approximate surface area is 165 Å². The number of hydrogen-bond donors (Lipinski definition) is 1. The highest BCUT2D eigenvalue weighted by atomic mass is 32.2. The molecule has 2 amide bonds. The summed E-state index contributed by atoms with van der Waals surface area (Å²) in [7, 11) is 0. The Morgan fingerprint density at radius 1 is 1.19 bits per heavy atom. The first kappa shape index (κ1) is 19.7. The van der Waals surface area contributed by atoms with Crippen molar-refractivity contribution in [3.05, 3.63) is 24.3 Å². The van der Waals surface area contributed by atoms with Gasteiger partial charge in [-0.1, -0.05) is 11.8 Å². The van der Waals surface area contributed by atoms with Crippen LogP contribution in [0.1, 0.15) is 39.5 Å². The molecule has 1 N–H and O–H groups in total. The van der Waals surface area contributed by atoms with Gasteiger partial charge in [0.1, 0.15) is 5.25 Å². The smallest absolute Gasteiger partial charge is 0.242 e. The number of nitrogens with zero attached hydrogens (tertiary/aromatic N) is 3. The van der Waals surface area contributed by atoms with Crippen LogP contribution in [-0.4, -0.2) is 53.3 Å². The fourth-order valence-corrected chi connectivity index (χ4v) is 4.74. The van der Waals surface area contributed by atoms with E-state index in [-0.39, 0.29) is 23.5 Å². The average molecular weight is 389 g/mol. The number of carbonyl (C=O) groups excluding carboxylic acids is 2. The summed E-state index contributed by atoms with van der Waals surface area (Å²) < 4.78 is 0. The Bertz CT molecular complexity index is 698. The number of benzene rings is 1. The predicted octanol–water partition coefficient (Wildman–Crippen LogP) is 3.35. The van der Waals surface area contributed by atoms with Crippen molar-refractivity contribution in [1.29, 1.82) is 0 Å². The van der Waals surface area contributed by atoms with Crippen LogP contribution in [0.5, 0.6) is 0 Å². The third-order valence-electron chi connectivity index (χ3n) is 4.87. The Balaban J connectivity index is 1.56. The van der Waals surface area contributed by atoms with E-state index in [1.54, 1.807) is 4.90 Å². The van der Waals surface area contributed by atoms with Crippen LogP contribution >= 0.6 is 11.8 Å². The van der Waals surface area contributed by atoms with Gasteiger partial charge in [-0.15, -0.1) is 0 Å². The third kappa shape index (κ3) is 4.83. The van der Waals surface area contributed by atoms with Crippen LogP contribution in [0.15, 0.2) is 29.3 Å². The van der Waals surface area contributed by atoms with Crippen LogP contribution in [-0.2, 0) is 9.59 Å². The van der Waals surface area contributed by atoms with Crippen LogP contribution < -0.4 is 10.2 Å². The van der Waals surface area contributed by atoms with Crippen molar-refractivity contribution in [1.82, 2.24) is 4.90 Å². The Kier molecular flexibility index (Phi) is 6.77. The molecule has 2 heterocycles. The van der Waals surface area contributed by atoms with Crippen molar-refractivity contribution in [2.24, 2.45) is 4.99 Å². The van der Waals surface area contributed by atoms with Crippen molar-refractivity contribution in [2.75, 3.05) is 36.4 Å². The van der Waals surface area contributed by atoms with E-state index >= 15 is 0 Å². The van der Waals surface area contributed by atoms with Gasteiger partial charge < -0.3 is 10.2 Å². The van der Waals surface area contributed by atoms with Gasteiger partial charge in [0.05, 0.1) is 0 Å². The summed E-state index contributed by atoms with van der Waals surface area (Å²) in [4.78, 5) is 33.3. The fourth-order valence-electron chi connectivity index (χ4n) is 3.48. The van der Waals surface area contributed by atoms with Gasteiger partial charge in [0.2, 0.25) is 11.8 Å². The summed E-state index contributed by atoms with van der Waals surface area (Å²) in [5.74, 6) is -0.161. The molecule has 2 aliphatic rings. The third-order valence-corrected chi connectivity index (χ3v) is 6.09. The summed E-state index contributed by atoms with van der Waals surface area (Å²) in [6, 6.07) is 7.99. The summed E-state index contributed by atoms with van der Waals surface area (Å²) in [5, 5.41) is 3.26. The molecule has 0 aliphatic carbocycles. The van der Waals surface area contributed by atoms with Crippen molar-refractivity contribution >= 4 is 40.1 Å². The van der Waals surface area contributed by atoms with Crippen LogP contribution in [0.2, 0.25) is 0 Å². The zero-order chi connectivity index (χ0) is 19.2. The number of piperidine rings is 1. The molecule has 1 aromatic carbocycles. The van der Waals surface area contributed by atoms with Crippen LogP contribution in [0.3, 0.4) is 0 Å². The van der Waals surface area contributed by atoms with E-state index in [1.807, 2.05) is 26.0 Å². The molecular weight excluding hydrogens is 360 g/mol. The largest absolute Gasteiger partial charge is 0.372 e.